The van der Waals surface area contributed by atoms with Crippen LogP contribution in [0.4, 0.5) is 0 Å². The first-order chi connectivity index (χ1) is 10.7. The van der Waals surface area contributed by atoms with Crippen LogP contribution in [0.15, 0.2) is 54.9 Å². The number of nitrogens with zero attached hydrogens (tertiary/aromatic N) is 2. The smallest absolute Gasteiger partial charge is 0.338 e. The standard InChI is InChI=1S/C17H14N2O3/c1-2-22-17(21)12-10-13-6-5-9-19(13)15(11-12)16(20)14-7-3-4-8-18-14/h3-11H,2H2,1H3. The van der Waals surface area contributed by atoms with Gasteiger partial charge in [0, 0.05) is 17.9 Å². The van der Waals surface area contributed by atoms with Crippen LogP contribution in [-0.2, 0) is 4.74 Å². The lowest BCUT2D eigenvalue weighted by molar-refractivity contribution is 0.0526. The highest BCUT2D eigenvalue weighted by molar-refractivity contribution is 6.08. The second kappa shape index (κ2) is 5.81. The summed E-state index contributed by atoms with van der Waals surface area (Å²) in [6, 6.07) is 12.0. The minimum atomic E-state index is -0.443. The number of ketones is 1. The Bertz CT molecular complexity index is 837. The molecule has 3 heterocycles. The number of carbonyl (C=O) groups is 2. The highest BCUT2D eigenvalue weighted by atomic mass is 16.5. The molecule has 5 heteroatoms. The maximum absolute atomic E-state index is 12.7. The molecule has 0 unspecified atom stereocenters. The zero-order valence-electron chi connectivity index (χ0n) is 12.0. The third-order valence-corrected chi connectivity index (χ3v) is 3.28. The van der Waals surface area contributed by atoms with Crippen LogP contribution in [0.2, 0.25) is 0 Å². The van der Waals surface area contributed by atoms with Gasteiger partial charge in [0.25, 0.3) is 0 Å². The molecule has 0 amide bonds. The highest BCUT2D eigenvalue weighted by Gasteiger charge is 2.17. The summed E-state index contributed by atoms with van der Waals surface area (Å²) in [5.41, 5.74) is 1.82. The van der Waals surface area contributed by atoms with E-state index in [1.165, 1.54) is 0 Å². The Morgan fingerprint density at radius 2 is 2.05 bits per heavy atom. The molecular weight excluding hydrogens is 280 g/mol. The Balaban J connectivity index is 2.13. The molecule has 3 aromatic heterocycles. The summed E-state index contributed by atoms with van der Waals surface area (Å²) in [6.07, 6.45) is 3.34. The van der Waals surface area contributed by atoms with E-state index in [4.69, 9.17) is 4.74 Å². The Kier molecular flexibility index (Phi) is 3.70. The number of hydrogen-bond acceptors (Lipinski definition) is 4. The van der Waals surface area contributed by atoms with E-state index in [9.17, 15) is 9.59 Å². The number of ether oxygens (including phenoxy) is 1. The fraction of sp³-hybridized carbons (Fsp3) is 0.118. The Hall–Kier alpha value is -2.95. The topological polar surface area (TPSA) is 60.7 Å². The quantitative estimate of drug-likeness (QED) is 0.548. The van der Waals surface area contributed by atoms with Crippen molar-refractivity contribution >= 4 is 17.3 Å². The van der Waals surface area contributed by atoms with Crippen molar-refractivity contribution in [2.24, 2.45) is 0 Å². The molecule has 3 aromatic rings. The molecule has 0 aliphatic heterocycles. The molecule has 0 N–H and O–H groups in total. The van der Waals surface area contributed by atoms with Crippen LogP contribution in [0.25, 0.3) is 5.52 Å². The van der Waals surface area contributed by atoms with Crippen molar-refractivity contribution in [1.82, 2.24) is 9.38 Å². The van der Waals surface area contributed by atoms with Crippen LogP contribution in [0.1, 0.15) is 33.5 Å². The van der Waals surface area contributed by atoms with Crippen molar-refractivity contribution < 1.29 is 14.3 Å². The summed E-state index contributed by atoms with van der Waals surface area (Å²) < 4.78 is 6.75. The maximum atomic E-state index is 12.7. The average molecular weight is 294 g/mol. The molecule has 0 radical (unpaired) electrons. The largest absolute Gasteiger partial charge is 0.462 e. The molecule has 5 nitrogen and oxygen atoms in total. The first-order valence-corrected chi connectivity index (χ1v) is 6.94. The van der Waals surface area contributed by atoms with E-state index < -0.39 is 5.97 Å². The zero-order chi connectivity index (χ0) is 15.5. The summed E-state index contributed by atoms with van der Waals surface area (Å²) >= 11 is 0. The molecular formula is C17H14N2O3. The molecule has 0 saturated carbocycles. The van der Waals surface area contributed by atoms with Crippen molar-refractivity contribution in [3.63, 3.8) is 0 Å². The number of esters is 1. The Morgan fingerprint density at radius 3 is 2.77 bits per heavy atom. The van der Waals surface area contributed by atoms with E-state index in [0.29, 0.717) is 17.0 Å². The van der Waals surface area contributed by atoms with E-state index in [2.05, 4.69) is 4.98 Å². The molecule has 0 spiro atoms. The number of carbonyl (C=O) groups excluding carboxylic acids is 2. The van der Waals surface area contributed by atoms with Gasteiger partial charge in [-0.2, -0.15) is 0 Å². The minimum absolute atomic E-state index is 0.243. The molecule has 3 rings (SSSR count). The van der Waals surface area contributed by atoms with Gasteiger partial charge in [-0.05, 0) is 43.3 Å². The molecule has 0 saturated heterocycles. The monoisotopic (exact) mass is 294 g/mol. The summed E-state index contributed by atoms with van der Waals surface area (Å²) in [6.45, 7) is 2.03. The van der Waals surface area contributed by atoms with E-state index in [1.807, 2.05) is 12.1 Å². The lowest BCUT2D eigenvalue weighted by Crippen LogP contribution is -2.12. The van der Waals surface area contributed by atoms with Crippen molar-refractivity contribution in [3.8, 4) is 0 Å². The molecule has 110 valence electrons. The van der Waals surface area contributed by atoms with Gasteiger partial charge in [0.2, 0.25) is 5.78 Å². The fourth-order valence-electron chi connectivity index (χ4n) is 2.28. The third kappa shape index (κ3) is 2.48. The Morgan fingerprint density at radius 1 is 1.18 bits per heavy atom. The second-order valence-corrected chi connectivity index (χ2v) is 4.70. The Labute approximate surface area is 127 Å². The van der Waals surface area contributed by atoms with Gasteiger partial charge in [-0.3, -0.25) is 9.78 Å². The predicted molar refractivity (Wildman–Crippen MR) is 81.0 cm³/mol. The molecule has 0 aliphatic rings. The molecule has 0 atom stereocenters. The third-order valence-electron chi connectivity index (χ3n) is 3.28. The van der Waals surface area contributed by atoms with E-state index in [-0.39, 0.29) is 12.4 Å². The van der Waals surface area contributed by atoms with Gasteiger partial charge in [-0.1, -0.05) is 6.07 Å². The van der Waals surface area contributed by atoms with Crippen molar-refractivity contribution in [2.45, 2.75) is 6.92 Å². The molecule has 0 aromatic carbocycles. The number of hydrogen-bond donors (Lipinski definition) is 0. The van der Waals surface area contributed by atoms with Crippen molar-refractivity contribution in [3.05, 3.63) is 71.8 Å². The molecule has 0 bridgehead atoms. The number of rotatable bonds is 4. The van der Waals surface area contributed by atoms with Crippen molar-refractivity contribution in [1.29, 1.82) is 0 Å². The van der Waals surface area contributed by atoms with Gasteiger partial charge >= 0.3 is 5.97 Å². The van der Waals surface area contributed by atoms with Gasteiger partial charge in [-0.25, -0.2) is 4.79 Å². The summed E-state index contributed by atoms with van der Waals surface area (Å²) in [5.74, 6) is -0.686. The SMILES string of the molecule is CCOC(=O)c1cc(C(=O)c2ccccn2)n2cccc2c1. The van der Waals surface area contributed by atoms with E-state index in [0.717, 1.165) is 5.52 Å². The zero-order valence-corrected chi connectivity index (χ0v) is 12.0. The van der Waals surface area contributed by atoms with Gasteiger partial charge in [0.15, 0.2) is 0 Å². The molecule has 0 aliphatic carbocycles. The lowest BCUT2D eigenvalue weighted by atomic mass is 10.1. The summed E-state index contributed by atoms with van der Waals surface area (Å²) in [4.78, 5) is 28.7. The number of pyridine rings is 2. The molecule has 0 fully saturated rings. The summed E-state index contributed by atoms with van der Waals surface area (Å²) in [7, 11) is 0. The van der Waals surface area contributed by atoms with Crippen LogP contribution < -0.4 is 0 Å². The van der Waals surface area contributed by atoms with E-state index in [1.54, 1.807) is 54.0 Å². The van der Waals surface area contributed by atoms with E-state index >= 15 is 0 Å². The van der Waals surface area contributed by atoms with Gasteiger partial charge in [-0.15, -0.1) is 0 Å². The van der Waals surface area contributed by atoms with Crippen LogP contribution >= 0.6 is 0 Å². The van der Waals surface area contributed by atoms with Gasteiger partial charge < -0.3 is 9.14 Å². The average Bonchev–Trinajstić information content (AvgIpc) is 3.02. The lowest BCUT2D eigenvalue weighted by Gasteiger charge is -2.08. The molecule has 22 heavy (non-hydrogen) atoms. The normalized spacial score (nSPS) is 10.6. The minimum Gasteiger partial charge on any atom is -0.462 e. The number of fused-ring (bicyclic) bond motifs is 1. The van der Waals surface area contributed by atoms with Crippen LogP contribution in [0, 0.1) is 0 Å². The maximum Gasteiger partial charge on any atom is 0.338 e. The van der Waals surface area contributed by atoms with Crippen LogP contribution in [0.3, 0.4) is 0 Å². The van der Waals surface area contributed by atoms with Crippen LogP contribution in [-0.4, -0.2) is 27.7 Å². The van der Waals surface area contributed by atoms with Crippen molar-refractivity contribution in [2.75, 3.05) is 6.61 Å². The summed E-state index contributed by atoms with van der Waals surface area (Å²) in [5, 5.41) is 0. The second-order valence-electron chi connectivity index (χ2n) is 4.70. The van der Waals surface area contributed by atoms with Crippen LogP contribution in [0.5, 0.6) is 0 Å². The predicted octanol–water partition coefficient (Wildman–Crippen LogP) is 2.74. The number of aromatic nitrogens is 2. The first kappa shape index (κ1) is 14.0. The fourth-order valence-corrected chi connectivity index (χ4v) is 2.28. The van der Waals surface area contributed by atoms with Gasteiger partial charge in [0.1, 0.15) is 5.69 Å². The first-order valence-electron chi connectivity index (χ1n) is 6.94. The van der Waals surface area contributed by atoms with Gasteiger partial charge in [0.05, 0.1) is 17.9 Å². The highest BCUT2D eigenvalue weighted by Crippen LogP contribution is 2.17.